The Labute approximate surface area is 202 Å². The van der Waals surface area contributed by atoms with Gasteiger partial charge in [-0.15, -0.1) is 11.3 Å². The Morgan fingerprint density at radius 3 is 2.30 bits per heavy atom. The first-order valence-electron chi connectivity index (χ1n) is 10.1. The van der Waals surface area contributed by atoms with E-state index in [1.54, 1.807) is 6.20 Å². The zero-order chi connectivity index (χ0) is 23.4. The van der Waals surface area contributed by atoms with Crippen LogP contribution < -0.4 is 10.6 Å². The van der Waals surface area contributed by atoms with Crippen molar-refractivity contribution >= 4 is 45.2 Å². The second-order valence-corrected chi connectivity index (χ2v) is 9.81. The molecule has 2 amide bonds. The standard InChI is InChI=1S/C23H20BrN3O5S/c24-22-26-11-13(33-22)10-25-21(30)19(9-20(28)29)27-23(31)32-12-18-16-7-3-1-5-14(16)15-6-2-4-8-17(15)18/h1-8,11,18-19H,9-10,12H2,(H,25,30)(H,27,31)(H,28,29). The van der Waals surface area contributed by atoms with Crippen LogP contribution >= 0.6 is 27.3 Å². The molecule has 10 heteroatoms. The first kappa shape index (κ1) is 22.9. The summed E-state index contributed by atoms with van der Waals surface area (Å²) < 4.78 is 6.10. The lowest BCUT2D eigenvalue weighted by atomic mass is 9.98. The van der Waals surface area contributed by atoms with Crippen molar-refractivity contribution < 1.29 is 24.2 Å². The van der Waals surface area contributed by atoms with Crippen LogP contribution in [0.2, 0.25) is 0 Å². The van der Waals surface area contributed by atoms with Gasteiger partial charge in [-0.1, -0.05) is 48.5 Å². The monoisotopic (exact) mass is 529 g/mol. The van der Waals surface area contributed by atoms with Crippen molar-refractivity contribution in [3.63, 3.8) is 0 Å². The zero-order valence-electron chi connectivity index (χ0n) is 17.3. The minimum Gasteiger partial charge on any atom is -0.481 e. The summed E-state index contributed by atoms with van der Waals surface area (Å²) in [5, 5.41) is 14.2. The largest absolute Gasteiger partial charge is 0.481 e. The van der Waals surface area contributed by atoms with Gasteiger partial charge in [0.15, 0.2) is 3.92 Å². The van der Waals surface area contributed by atoms with E-state index in [-0.39, 0.29) is 19.1 Å². The highest BCUT2D eigenvalue weighted by Gasteiger charge is 2.30. The van der Waals surface area contributed by atoms with Crippen LogP contribution in [0.3, 0.4) is 0 Å². The molecule has 0 fully saturated rings. The number of aliphatic carboxylic acids is 1. The summed E-state index contributed by atoms with van der Waals surface area (Å²) >= 11 is 4.59. The number of thiazole rings is 1. The maximum absolute atomic E-state index is 12.5. The van der Waals surface area contributed by atoms with Crippen LogP contribution in [0.25, 0.3) is 11.1 Å². The van der Waals surface area contributed by atoms with Crippen molar-refractivity contribution in [3.8, 4) is 11.1 Å². The molecule has 1 aliphatic carbocycles. The normalized spacial score (nSPS) is 13.0. The SMILES string of the molecule is O=C(O)CC(NC(=O)OCC1c2ccccc2-c2ccccc21)C(=O)NCc1cnc(Br)s1. The first-order valence-corrected chi connectivity index (χ1v) is 11.7. The summed E-state index contributed by atoms with van der Waals surface area (Å²) in [5.74, 6) is -1.97. The molecule has 2 aromatic carbocycles. The van der Waals surface area contributed by atoms with Crippen LogP contribution in [0.1, 0.15) is 28.3 Å². The van der Waals surface area contributed by atoms with E-state index in [0.29, 0.717) is 3.92 Å². The first-order chi connectivity index (χ1) is 15.9. The summed E-state index contributed by atoms with van der Waals surface area (Å²) in [6.07, 6.45) is 0.182. The third-order valence-corrected chi connectivity index (χ3v) is 6.77. The summed E-state index contributed by atoms with van der Waals surface area (Å²) in [7, 11) is 0. The molecule has 33 heavy (non-hydrogen) atoms. The lowest BCUT2D eigenvalue weighted by Gasteiger charge is -2.18. The molecule has 0 saturated heterocycles. The number of carboxylic acids is 1. The van der Waals surface area contributed by atoms with Gasteiger partial charge in [0, 0.05) is 17.0 Å². The Hall–Kier alpha value is -3.24. The molecule has 0 bridgehead atoms. The lowest BCUT2D eigenvalue weighted by molar-refractivity contribution is -0.139. The number of carbonyl (C=O) groups excluding carboxylic acids is 2. The molecule has 0 spiro atoms. The van der Waals surface area contributed by atoms with Crippen molar-refractivity contribution in [1.82, 2.24) is 15.6 Å². The minimum absolute atomic E-state index is 0.0656. The molecule has 1 heterocycles. The Morgan fingerprint density at radius 2 is 1.73 bits per heavy atom. The fourth-order valence-corrected chi connectivity index (χ4v) is 5.13. The highest BCUT2D eigenvalue weighted by molar-refractivity contribution is 9.11. The van der Waals surface area contributed by atoms with Gasteiger partial charge in [0.1, 0.15) is 12.6 Å². The molecule has 1 unspecified atom stereocenters. The predicted molar refractivity (Wildman–Crippen MR) is 126 cm³/mol. The maximum atomic E-state index is 12.5. The van der Waals surface area contributed by atoms with Gasteiger partial charge in [-0.25, -0.2) is 9.78 Å². The van der Waals surface area contributed by atoms with Gasteiger partial charge in [-0.2, -0.15) is 0 Å². The summed E-state index contributed by atoms with van der Waals surface area (Å²) in [4.78, 5) is 41.0. The molecule has 3 N–H and O–H groups in total. The molecule has 8 nitrogen and oxygen atoms in total. The van der Waals surface area contributed by atoms with Gasteiger partial charge in [-0.05, 0) is 38.2 Å². The number of carboxylic acid groups (broad SMARTS) is 1. The number of alkyl carbamates (subject to hydrolysis) is 1. The van der Waals surface area contributed by atoms with Gasteiger partial charge in [-0.3, -0.25) is 9.59 Å². The van der Waals surface area contributed by atoms with Crippen LogP contribution in [-0.4, -0.2) is 40.7 Å². The second kappa shape index (κ2) is 10.1. The van der Waals surface area contributed by atoms with Crippen molar-refractivity contribution in [2.75, 3.05) is 6.61 Å². The number of halogens is 1. The number of fused-ring (bicyclic) bond motifs is 3. The molecule has 3 aromatic rings. The van der Waals surface area contributed by atoms with Crippen LogP contribution in [0.4, 0.5) is 4.79 Å². The van der Waals surface area contributed by atoms with E-state index in [1.165, 1.54) is 11.3 Å². The van der Waals surface area contributed by atoms with Crippen molar-refractivity contribution in [2.24, 2.45) is 0 Å². The zero-order valence-corrected chi connectivity index (χ0v) is 19.7. The molecule has 1 aliphatic rings. The van der Waals surface area contributed by atoms with Gasteiger partial charge >= 0.3 is 12.1 Å². The second-order valence-electron chi connectivity index (χ2n) is 7.42. The number of benzene rings is 2. The van der Waals surface area contributed by atoms with E-state index in [1.807, 2.05) is 48.5 Å². The Morgan fingerprint density at radius 1 is 1.09 bits per heavy atom. The quantitative estimate of drug-likeness (QED) is 0.407. The molecule has 4 rings (SSSR count). The van der Waals surface area contributed by atoms with Crippen LogP contribution in [0.5, 0.6) is 0 Å². The van der Waals surface area contributed by atoms with Crippen LogP contribution in [0.15, 0.2) is 58.6 Å². The summed E-state index contributed by atoms with van der Waals surface area (Å²) in [5.41, 5.74) is 4.31. The number of aromatic nitrogens is 1. The average molecular weight is 530 g/mol. The Balaban J connectivity index is 1.38. The lowest BCUT2D eigenvalue weighted by Crippen LogP contribution is -2.47. The minimum atomic E-state index is -1.27. The number of carbonyl (C=O) groups is 3. The van der Waals surface area contributed by atoms with E-state index in [0.717, 1.165) is 27.1 Å². The van der Waals surface area contributed by atoms with E-state index < -0.39 is 30.4 Å². The number of hydrogen-bond acceptors (Lipinski definition) is 6. The van der Waals surface area contributed by atoms with Crippen molar-refractivity contribution in [2.45, 2.75) is 24.9 Å². The Bertz CT molecular complexity index is 1150. The van der Waals surface area contributed by atoms with Gasteiger partial charge in [0.25, 0.3) is 0 Å². The van der Waals surface area contributed by atoms with E-state index in [9.17, 15) is 14.4 Å². The molecular weight excluding hydrogens is 510 g/mol. The number of hydrogen-bond donors (Lipinski definition) is 3. The maximum Gasteiger partial charge on any atom is 0.407 e. The van der Waals surface area contributed by atoms with Gasteiger partial charge < -0.3 is 20.5 Å². The molecule has 1 aromatic heterocycles. The topological polar surface area (TPSA) is 118 Å². The highest BCUT2D eigenvalue weighted by Crippen LogP contribution is 2.44. The summed E-state index contributed by atoms with van der Waals surface area (Å²) in [6, 6.07) is 14.6. The van der Waals surface area contributed by atoms with E-state index in [4.69, 9.17) is 9.84 Å². The number of nitrogens with one attached hydrogen (secondary N) is 2. The van der Waals surface area contributed by atoms with E-state index in [2.05, 4.69) is 31.5 Å². The van der Waals surface area contributed by atoms with Crippen molar-refractivity contribution in [1.29, 1.82) is 0 Å². The molecule has 0 saturated carbocycles. The molecule has 1 atom stereocenters. The molecule has 170 valence electrons. The van der Waals surface area contributed by atoms with Crippen LogP contribution in [0, 0.1) is 0 Å². The number of rotatable bonds is 8. The average Bonchev–Trinajstić information content (AvgIpc) is 3.36. The predicted octanol–water partition coefficient (Wildman–Crippen LogP) is 3.90. The summed E-state index contributed by atoms with van der Waals surface area (Å²) in [6.45, 7) is 0.237. The molecule has 0 aliphatic heterocycles. The third kappa shape index (κ3) is 5.40. The van der Waals surface area contributed by atoms with E-state index >= 15 is 0 Å². The fourth-order valence-electron chi connectivity index (χ4n) is 3.83. The smallest absolute Gasteiger partial charge is 0.407 e. The highest BCUT2D eigenvalue weighted by atomic mass is 79.9. The molecule has 0 radical (unpaired) electrons. The van der Waals surface area contributed by atoms with Gasteiger partial charge in [0.2, 0.25) is 5.91 Å². The fraction of sp³-hybridized carbons (Fsp3) is 0.217. The van der Waals surface area contributed by atoms with Gasteiger partial charge in [0.05, 0.1) is 13.0 Å². The molecular formula is C23H20BrN3O5S. The third-order valence-electron chi connectivity index (χ3n) is 5.29. The Kier molecular flexibility index (Phi) is 7.05. The van der Waals surface area contributed by atoms with Crippen molar-refractivity contribution in [3.05, 3.63) is 74.6 Å². The number of nitrogens with zero attached hydrogens (tertiary/aromatic N) is 1. The van der Waals surface area contributed by atoms with Crippen LogP contribution in [-0.2, 0) is 20.9 Å². The number of ether oxygens (including phenoxy) is 1. The number of amides is 2.